The van der Waals surface area contributed by atoms with Crippen LogP contribution in [-0.4, -0.2) is 34.5 Å². The van der Waals surface area contributed by atoms with Crippen molar-refractivity contribution in [2.75, 3.05) is 25.9 Å². The molecule has 0 fully saturated rings. The number of hydrogen-bond acceptors (Lipinski definition) is 3. The molecular weight excluding hydrogens is 194 g/mol. The van der Waals surface area contributed by atoms with Crippen LogP contribution in [0.2, 0.25) is 6.55 Å². The maximum absolute atomic E-state index is 5.70. The molecule has 0 unspecified atom stereocenters. The minimum atomic E-state index is -1.91. The lowest BCUT2D eigenvalue weighted by atomic mass is 10.3. The molecule has 0 amide bonds. The highest BCUT2D eigenvalue weighted by molar-refractivity contribution is 6.66. The summed E-state index contributed by atoms with van der Waals surface area (Å²) in [5, 5.41) is 3.41. The number of unbranched alkanes of at least 4 members (excludes halogenated alkanes) is 1. The molecule has 0 aromatic rings. The van der Waals surface area contributed by atoms with E-state index >= 15 is 0 Å². The minimum absolute atomic E-state index is 0.748. The molecule has 0 atom stereocenters. The zero-order valence-electron chi connectivity index (χ0n) is 10.1. The van der Waals surface area contributed by atoms with Crippen LogP contribution in [0, 0.1) is 0 Å². The molecule has 0 aromatic heterocycles. The van der Waals surface area contributed by atoms with Crippen molar-refractivity contribution in [2.24, 2.45) is 0 Å². The van der Waals surface area contributed by atoms with Crippen molar-refractivity contribution in [2.45, 2.75) is 40.2 Å². The molecule has 0 aromatic carbocycles. The fraction of sp³-hybridized carbons (Fsp3) is 1.00. The summed E-state index contributed by atoms with van der Waals surface area (Å²) in [6.45, 7) is 10.9. The van der Waals surface area contributed by atoms with E-state index in [-0.39, 0.29) is 0 Å². The minimum Gasteiger partial charge on any atom is -0.394 e. The van der Waals surface area contributed by atoms with Gasteiger partial charge >= 0.3 is 8.56 Å². The first-order valence-corrected chi connectivity index (χ1v) is 8.19. The van der Waals surface area contributed by atoms with Crippen molar-refractivity contribution in [3.63, 3.8) is 0 Å². The Morgan fingerprint density at radius 1 is 1.07 bits per heavy atom. The van der Waals surface area contributed by atoms with Gasteiger partial charge in [0.05, 0.1) is 0 Å². The molecule has 0 rings (SSSR count). The van der Waals surface area contributed by atoms with Gasteiger partial charge in [0.25, 0.3) is 0 Å². The molecule has 14 heavy (non-hydrogen) atoms. The second-order valence-corrected chi connectivity index (χ2v) is 6.73. The standard InChI is InChI=1S/C10H25NO2Si/c1-5-8-9-11-10-14(4,12-6-2)13-7-3/h11H,5-10H2,1-4H3. The molecule has 0 radical (unpaired) electrons. The second kappa shape index (κ2) is 8.41. The van der Waals surface area contributed by atoms with Crippen LogP contribution in [0.1, 0.15) is 33.6 Å². The zero-order chi connectivity index (χ0) is 10.9. The molecule has 86 valence electrons. The summed E-state index contributed by atoms with van der Waals surface area (Å²) in [7, 11) is -1.91. The van der Waals surface area contributed by atoms with Crippen molar-refractivity contribution >= 4 is 8.56 Å². The van der Waals surface area contributed by atoms with Crippen LogP contribution in [0.3, 0.4) is 0 Å². The van der Waals surface area contributed by atoms with Gasteiger partial charge in [-0.1, -0.05) is 13.3 Å². The Morgan fingerprint density at radius 3 is 2.07 bits per heavy atom. The highest BCUT2D eigenvalue weighted by Crippen LogP contribution is 2.05. The fourth-order valence-electron chi connectivity index (χ4n) is 1.37. The Bertz CT molecular complexity index is 127. The van der Waals surface area contributed by atoms with E-state index in [4.69, 9.17) is 8.85 Å². The molecule has 0 aliphatic carbocycles. The topological polar surface area (TPSA) is 30.5 Å². The molecule has 1 N–H and O–H groups in total. The van der Waals surface area contributed by atoms with E-state index in [1.807, 2.05) is 13.8 Å². The van der Waals surface area contributed by atoms with Crippen LogP contribution < -0.4 is 5.32 Å². The van der Waals surface area contributed by atoms with Crippen molar-refractivity contribution < 1.29 is 8.85 Å². The highest BCUT2D eigenvalue weighted by atomic mass is 28.4. The predicted octanol–water partition coefficient (Wildman–Crippen LogP) is 2.06. The lowest BCUT2D eigenvalue weighted by Crippen LogP contribution is -2.49. The molecule has 3 nitrogen and oxygen atoms in total. The maximum Gasteiger partial charge on any atom is 0.349 e. The van der Waals surface area contributed by atoms with Gasteiger partial charge in [0.1, 0.15) is 0 Å². The Hall–Kier alpha value is 0.0969. The summed E-state index contributed by atoms with van der Waals surface area (Å²) in [5.74, 6) is 0. The third-order valence-electron chi connectivity index (χ3n) is 2.05. The zero-order valence-corrected chi connectivity index (χ0v) is 11.1. The molecule has 0 saturated heterocycles. The normalized spacial score (nSPS) is 12.0. The fourth-order valence-corrected chi connectivity index (χ4v) is 3.51. The first-order valence-electron chi connectivity index (χ1n) is 5.67. The summed E-state index contributed by atoms with van der Waals surface area (Å²) < 4.78 is 11.4. The van der Waals surface area contributed by atoms with E-state index in [1.165, 1.54) is 12.8 Å². The smallest absolute Gasteiger partial charge is 0.349 e. The van der Waals surface area contributed by atoms with Crippen LogP contribution in [0.25, 0.3) is 0 Å². The van der Waals surface area contributed by atoms with Gasteiger partial charge in [0.15, 0.2) is 0 Å². The van der Waals surface area contributed by atoms with Crippen LogP contribution in [-0.2, 0) is 8.85 Å². The van der Waals surface area contributed by atoms with Crippen molar-refractivity contribution in [3.8, 4) is 0 Å². The van der Waals surface area contributed by atoms with Crippen molar-refractivity contribution in [3.05, 3.63) is 0 Å². The van der Waals surface area contributed by atoms with E-state index in [0.717, 1.165) is 25.9 Å². The molecule has 0 saturated carbocycles. The van der Waals surface area contributed by atoms with Crippen LogP contribution >= 0.6 is 0 Å². The van der Waals surface area contributed by atoms with Gasteiger partial charge < -0.3 is 14.2 Å². The van der Waals surface area contributed by atoms with Crippen LogP contribution in [0.5, 0.6) is 0 Å². The summed E-state index contributed by atoms with van der Waals surface area (Å²) in [6, 6.07) is 0. The molecule has 0 spiro atoms. The predicted molar refractivity (Wildman–Crippen MR) is 62.6 cm³/mol. The number of nitrogens with one attached hydrogen (secondary N) is 1. The van der Waals surface area contributed by atoms with Gasteiger partial charge in [0, 0.05) is 19.4 Å². The summed E-state index contributed by atoms with van der Waals surface area (Å²) in [4.78, 5) is 0. The molecule has 4 heteroatoms. The summed E-state index contributed by atoms with van der Waals surface area (Å²) in [6.07, 6.45) is 3.35. The molecule has 0 heterocycles. The largest absolute Gasteiger partial charge is 0.394 e. The van der Waals surface area contributed by atoms with Crippen molar-refractivity contribution in [1.82, 2.24) is 5.32 Å². The monoisotopic (exact) mass is 219 g/mol. The van der Waals surface area contributed by atoms with E-state index in [1.54, 1.807) is 0 Å². The molecule has 0 aliphatic rings. The highest BCUT2D eigenvalue weighted by Gasteiger charge is 2.29. The van der Waals surface area contributed by atoms with Gasteiger partial charge in [-0.05, 0) is 33.4 Å². The average Bonchev–Trinajstić information content (AvgIpc) is 2.13. The number of rotatable bonds is 9. The summed E-state index contributed by atoms with van der Waals surface area (Å²) >= 11 is 0. The third-order valence-corrected chi connectivity index (χ3v) is 4.74. The van der Waals surface area contributed by atoms with Gasteiger partial charge in [-0.15, -0.1) is 0 Å². The molecule has 0 bridgehead atoms. The average molecular weight is 219 g/mol. The first kappa shape index (κ1) is 14.1. The second-order valence-electron chi connectivity index (χ2n) is 3.53. The van der Waals surface area contributed by atoms with Gasteiger partial charge in [0.2, 0.25) is 0 Å². The van der Waals surface area contributed by atoms with E-state index in [2.05, 4.69) is 18.8 Å². The van der Waals surface area contributed by atoms with Gasteiger partial charge in [-0.2, -0.15) is 0 Å². The third kappa shape index (κ3) is 6.54. The van der Waals surface area contributed by atoms with E-state index in [0.29, 0.717) is 0 Å². The lowest BCUT2D eigenvalue weighted by molar-refractivity contribution is 0.187. The van der Waals surface area contributed by atoms with Crippen LogP contribution in [0.4, 0.5) is 0 Å². The SMILES string of the molecule is CCCCNC[Si](C)(OCC)OCC. The molecule has 0 aliphatic heterocycles. The lowest BCUT2D eigenvalue weighted by Gasteiger charge is -2.26. The van der Waals surface area contributed by atoms with E-state index in [9.17, 15) is 0 Å². The molecular formula is C10H25NO2Si. The van der Waals surface area contributed by atoms with E-state index < -0.39 is 8.56 Å². The maximum atomic E-state index is 5.70. The Kier molecular flexibility index (Phi) is 8.47. The number of hydrogen-bond donors (Lipinski definition) is 1. The van der Waals surface area contributed by atoms with Crippen molar-refractivity contribution in [1.29, 1.82) is 0 Å². The van der Waals surface area contributed by atoms with Gasteiger partial charge in [-0.25, -0.2) is 0 Å². The van der Waals surface area contributed by atoms with Gasteiger partial charge in [-0.3, -0.25) is 0 Å². The summed E-state index contributed by atoms with van der Waals surface area (Å²) in [5.41, 5.74) is 0. The van der Waals surface area contributed by atoms with Crippen LogP contribution in [0.15, 0.2) is 0 Å². The Morgan fingerprint density at radius 2 is 1.64 bits per heavy atom. The Labute approximate surface area is 89.4 Å². The first-order chi connectivity index (χ1) is 6.68. The quantitative estimate of drug-likeness (QED) is 0.476. The Balaban J connectivity index is 3.71.